The Morgan fingerprint density at radius 3 is 2.63 bits per heavy atom. The van der Waals surface area contributed by atoms with Gasteiger partial charge in [-0.1, -0.05) is 36.4 Å². The molecule has 1 aliphatic rings. The van der Waals surface area contributed by atoms with Crippen molar-refractivity contribution in [2.75, 3.05) is 0 Å². The van der Waals surface area contributed by atoms with Crippen LogP contribution in [0.25, 0.3) is 0 Å². The van der Waals surface area contributed by atoms with Crippen LogP contribution in [0.2, 0.25) is 0 Å². The van der Waals surface area contributed by atoms with Gasteiger partial charge in [-0.2, -0.15) is 0 Å². The zero-order valence-electron chi connectivity index (χ0n) is 10.5. The summed E-state index contributed by atoms with van der Waals surface area (Å²) in [6, 6.07) is 15.9. The first kappa shape index (κ1) is 12.5. The summed E-state index contributed by atoms with van der Waals surface area (Å²) >= 11 is 6.43. The highest BCUT2D eigenvalue weighted by Gasteiger charge is 2.29. The molecular formula is C16H16ClNO. The Kier molecular flexibility index (Phi) is 3.45. The molecule has 2 atom stereocenters. The molecule has 0 amide bonds. The van der Waals surface area contributed by atoms with Crippen LogP contribution in [0, 0.1) is 0 Å². The van der Waals surface area contributed by atoms with E-state index in [0.29, 0.717) is 5.75 Å². The Balaban J connectivity index is 1.72. The standard InChI is InChI=1S/C16H16ClNO/c17-15-9-12-3-1-2-4-14(12)16(15)18-10-11-5-7-13(19)8-6-11/h1-8,15-16,18-19H,9-10H2. The smallest absolute Gasteiger partial charge is 0.115 e. The van der Waals surface area contributed by atoms with Crippen molar-refractivity contribution in [1.82, 2.24) is 5.32 Å². The Morgan fingerprint density at radius 1 is 1.11 bits per heavy atom. The second-order valence-corrected chi connectivity index (χ2v) is 5.50. The molecule has 0 radical (unpaired) electrons. The van der Waals surface area contributed by atoms with Crippen molar-refractivity contribution in [3.63, 3.8) is 0 Å². The van der Waals surface area contributed by atoms with Crippen molar-refractivity contribution in [2.24, 2.45) is 0 Å². The van der Waals surface area contributed by atoms with Gasteiger partial charge in [-0.05, 0) is 35.2 Å². The fraction of sp³-hybridized carbons (Fsp3) is 0.250. The Bertz CT molecular complexity index is 567. The second-order valence-electron chi connectivity index (χ2n) is 4.94. The van der Waals surface area contributed by atoms with Crippen molar-refractivity contribution in [3.05, 3.63) is 65.2 Å². The number of hydrogen-bond donors (Lipinski definition) is 2. The van der Waals surface area contributed by atoms with Crippen LogP contribution in [0.3, 0.4) is 0 Å². The lowest BCUT2D eigenvalue weighted by atomic mass is 10.1. The summed E-state index contributed by atoms with van der Waals surface area (Å²) in [5, 5.41) is 12.9. The van der Waals surface area contributed by atoms with Crippen LogP contribution in [0.5, 0.6) is 5.75 Å². The van der Waals surface area contributed by atoms with Crippen LogP contribution in [0.1, 0.15) is 22.7 Å². The molecule has 0 heterocycles. The number of hydrogen-bond acceptors (Lipinski definition) is 2. The topological polar surface area (TPSA) is 32.3 Å². The summed E-state index contributed by atoms with van der Waals surface area (Å²) in [5.74, 6) is 0.296. The van der Waals surface area contributed by atoms with E-state index in [-0.39, 0.29) is 11.4 Å². The highest BCUT2D eigenvalue weighted by molar-refractivity contribution is 6.21. The molecule has 2 unspecified atom stereocenters. The molecule has 0 spiro atoms. The summed E-state index contributed by atoms with van der Waals surface area (Å²) < 4.78 is 0. The number of phenols is 1. The van der Waals surface area contributed by atoms with Gasteiger partial charge in [0.1, 0.15) is 5.75 Å². The lowest BCUT2D eigenvalue weighted by Crippen LogP contribution is -2.25. The fourth-order valence-corrected chi connectivity index (χ4v) is 3.02. The van der Waals surface area contributed by atoms with Gasteiger partial charge < -0.3 is 10.4 Å². The van der Waals surface area contributed by atoms with Crippen molar-refractivity contribution in [2.45, 2.75) is 24.4 Å². The summed E-state index contributed by atoms with van der Waals surface area (Å²) in [6.45, 7) is 0.752. The second kappa shape index (κ2) is 5.24. The van der Waals surface area contributed by atoms with Gasteiger partial charge in [-0.3, -0.25) is 0 Å². The van der Waals surface area contributed by atoms with Gasteiger partial charge in [0.15, 0.2) is 0 Å². The summed E-state index contributed by atoms with van der Waals surface area (Å²) in [7, 11) is 0. The average Bonchev–Trinajstić information content (AvgIpc) is 2.74. The molecule has 98 valence electrons. The first-order valence-electron chi connectivity index (χ1n) is 6.47. The molecule has 2 nitrogen and oxygen atoms in total. The lowest BCUT2D eigenvalue weighted by Gasteiger charge is -2.17. The van der Waals surface area contributed by atoms with E-state index >= 15 is 0 Å². The first-order valence-corrected chi connectivity index (χ1v) is 6.91. The van der Waals surface area contributed by atoms with E-state index in [9.17, 15) is 5.11 Å². The summed E-state index contributed by atoms with van der Waals surface area (Å²) in [6.07, 6.45) is 0.922. The van der Waals surface area contributed by atoms with E-state index in [1.165, 1.54) is 11.1 Å². The predicted molar refractivity (Wildman–Crippen MR) is 77.5 cm³/mol. The van der Waals surface area contributed by atoms with Gasteiger partial charge in [0.25, 0.3) is 0 Å². The number of halogens is 1. The van der Waals surface area contributed by atoms with E-state index in [1.54, 1.807) is 12.1 Å². The average molecular weight is 274 g/mol. The van der Waals surface area contributed by atoms with E-state index in [0.717, 1.165) is 18.5 Å². The van der Waals surface area contributed by atoms with E-state index < -0.39 is 0 Å². The summed E-state index contributed by atoms with van der Waals surface area (Å²) in [5.41, 5.74) is 3.79. The zero-order valence-corrected chi connectivity index (χ0v) is 11.3. The monoisotopic (exact) mass is 273 g/mol. The molecule has 3 heteroatoms. The molecule has 3 rings (SSSR count). The fourth-order valence-electron chi connectivity index (χ4n) is 2.63. The predicted octanol–water partition coefficient (Wildman–Crippen LogP) is 3.39. The summed E-state index contributed by atoms with van der Waals surface area (Å²) in [4.78, 5) is 0. The van der Waals surface area contributed by atoms with Crippen LogP contribution in [-0.4, -0.2) is 10.5 Å². The number of benzene rings is 2. The maximum absolute atomic E-state index is 9.27. The Morgan fingerprint density at radius 2 is 1.84 bits per heavy atom. The first-order chi connectivity index (χ1) is 9.24. The highest BCUT2D eigenvalue weighted by Crippen LogP contribution is 2.34. The quantitative estimate of drug-likeness (QED) is 0.841. The molecule has 0 bridgehead atoms. The minimum atomic E-state index is 0.106. The maximum Gasteiger partial charge on any atom is 0.115 e. The van der Waals surface area contributed by atoms with E-state index in [1.807, 2.05) is 12.1 Å². The molecular weight excluding hydrogens is 258 g/mol. The molecule has 2 aromatic carbocycles. The van der Waals surface area contributed by atoms with Gasteiger partial charge in [0.05, 0.1) is 5.38 Å². The Labute approximate surface area is 118 Å². The van der Waals surface area contributed by atoms with E-state index in [4.69, 9.17) is 11.6 Å². The van der Waals surface area contributed by atoms with Gasteiger partial charge >= 0.3 is 0 Å². The van der Waals surface area contributed by atoms with Crippen LogP contribution >= 0.6 is 11.6 Å². The van der Waals surface area contributed by atoms with Crippen molar-refractivity contribution < 1.29 is 5.11 Å². The Hall–Kier alpha value is -1.51. The molecule has 2 N–H and O–H groups in total. The normalized spacial score (nSPS) is 21.3. The van der Waals surface area contributed by atoms with Crippen LogP contribution in [-0.2, 0) is 13.0 Å². The number of fused-ring (bicyclic) bond motifs is 1. The lowest BCUT2D eigenvalue weighted by molar-refractivity contribution is 0.474. The van der Waals surface area contributed by atoms with Crippen molar-refractivity contribution in [1.29, 1.82) is 0 Å². The number of alkyl halides is 1. The van der Waals surface area contributed by atoms with E-state index in [2.05, 4.69) is 29.6 Å². The minimum absolute atomic E-state index is 0.106. The number of aromatic hydroxyl groups is 1. The molecule has 0 aromatic heterocycles. The molecule has 0 aliphatic heterocycles. The largest absolute Gasteiger partial charge is 0.508 e. The van der Waals surface area contributed by atoms with Gasteiger partial charge in [0, 0.05) is 12.6 Å². The minimum Gasteiger partial charge on any atom is -0.508 e. The van der Waals surface area contributed by atoms with Crippen LogP contribution in [0.4, 0.5) is 0 Å². The zero-order chi connectivity index (χ0) is 13.2. The van der Waals surface area contributed by atoms with Crippen molar-refractivity contribution >= 4 is 11.6 Å². The molecule has 19 heavy (non-hydrogen) atoms. The van der Waals surface area contributed by atoms with Gasteiger partial charge in [-0.25, -0.2) is 0 Å². The highest BCUT2D eigenvalue weighted by atomic mass is 35.5. The van der Waals surface area contributed by atoms with Crippen molar-refractivity contribution in [3.8, 4) is 5.75 Å². The number of phenolic OH excluding ortho intramolecular Hbond substituents is 1. The third kappa shape index (κ3) is 2.60. The molecule has 0 fully saturated rings. The number of nitrogens with one attached hydrogen (secondary N) is 1. The van der Waals surface area contributed by atoms with Crippen LogP contribution < -0.4 is 5.32 Å². The third-order valence-electron chi connectivity index (χ3n) is 3.63. The molecule has 2 aromatic rings. The third-order valence-corrected chi connectivity index (χ3v) is 4.04. The molecule has 1 aliphatic carbocycles. The SMILES string of the molecule is Oc1ccc(CNC2c3ccccc3CC2Cl)cc1. The van der Waals surface area contributed by atoms with Gasteiger partial charge in [-0.15, -0.1) is 11.6 Å². The molecule has 0 saturated heterocycles. The molecule has 0 saturated carbocycles. The van der Waals surface area contributed by atoms with Crippen LogP contribution in [0.15, 0.2) is 48.5 Å². The number of rotatable bonds is 3. The maximum atomic E-state index is 9.27. The van der Waals surface area contributed by atoms with Gasteiger partial charge in [0.2, 0.25) is 0 Å².